The molecule has 4 aromatic rings. The second-order valence-electron chi connectivity index (χ2n) is 12.8. The number of aromatic hydroxyl groups is 1. The first-order chi connectivity index (χ1) is 21.3. The summed E-state index contributed by atoms with van der Waals surface area (Å²) in [6.07, 6.45) is 4.99. The van der Waals surface area contributed by atoms with Crippen molar-refractivity contribution in [2.45, 2.75) is 55.9 Å². The molecule has 4 fully saturated rings. The highest BCUT2D eigenvalue weighted by molar-refractivity contribution is 6.03. The van der Waals surface area contributed by atoms with E-state index in [9.17, 15) is 13.9 Å². The van der Waals surface area contributed by atoms with Crippen LogP contribution < -0.4 is 15.0 Å². The molecule has 0 aliphatic carbocycles. The number of phenolic OH excluding ortho intramolecular Hbond substituents is 1. The van der Waals surface area contributed by atoms with Gasteiger partial charge in [0.1, 0.15) is 35.9 Å². The highest BCUT2D eigenvalue weighted by Gasteiger charge is 2.49. The zero-order chi connectivity index (χ0) is 30.2. The van der Waals surface area contributed by atoms with Crippen molar-refractivity contribution in [1.82, 2.24) is 20.2 Å². The number of benzene rings is 2. The summed E-state index contributed by atoms with van der Waals surface area (Å²) < 4.78 is 51.8. The summed E-state index contributed by atoms with van der Waals surface area (Å²) in [4.78, 5) is 13.9. The van der Waals surface area contributed by atoms with Crippen LogP contribution in [0.5, 0.6) is 11.6 Å². The summed E-state index contributed by atoms with van der Waals surface area (Å²) in [5.41, 5.74) is 1.10. The van der Waals surface area contributed by atoms with Crippen molar-refractivity contribution in [2.24, 2.45) is 0 Å². The van der Waals surface area contributed by atoms with Gasteiger partial charge in [-0.1, -0.05) is 18.7 Å². The van der Waals surface area contributed by atoms with Crippen LogP contribution in [0.15, 0.2) is 43.0 Å². The van der Waals surface area contributed by atoms with Crippen LogP contribution in [0.3, 0.4) is 0 Å². The number of pyridine rings is 2. The third kappa shape index (κ3) is 4.49. The van der Waals surface area contributed by atoms with Crippen LogP contribution in [0.1, 0.15) is 37.7 Å². The van der Waals surface area contributed by atoms with Gasteiger partial charge in [0.15, 0.2) is 5.65 Å². The number of nitrogens with zero attached hydrogens (tertiary/aromatic N) is 4. The van der Waals surface area contributed by atoms with Crippen LogP contribution >= 0.6 is 0 Å². The minimum atomic E-state index is -0.870. The predicted molar refractivity (Wildman–Crippen MR) is 165 cm³/mol. The van der Waals surface area contributed by atoms with Gasteiger partial charge in [-0.2, -0.15) is 4.98 Å². The molecule has 4 aliphatic rings. The van der Waals surface area contributed by atoms with E-state index in [0.29, 0.717) is 53.7 Å². The number of hydrogen-bond acceptors (Lipinski definition) is 7. The van der Waals surface area contributed by atoms with E-state index in [-0.39, 0.29) is 33.8 Å². The zero-order valence-corrected chi connectivity index (χ0v) is 24.3. The first kappa shape index (κ1) is 27.6. The lowest BCUT2D eigenvalue weighted by molar-refractivity contribution is 0.111. The van der Waals surface area contributed by atoms with Crippen LogP contribution in [0.25, 0.3) is 39.1 Å². The molecule has 228 valence electrons. The highest BCUT2D eigenvalue weighted by Crippen LogP contribution is 2.42. The van der Waals surface area contributed by atoms with Gasteiger partial charge in [-0.3, -0.25) is 4.90 Å². The van der Waals surface area contributed by atoms with E-state index in [1.54, 1.807) is 0 Å². The molecule has 2 N–H and O–H groups in total. The van der Waals surface area contributed by atoms with Gasteiger partial charge in [-0.05, 0) is 61.9 Å². The molecule has 44 heavy (non-hydrogen) atoms. The lowest BCUT2D eigenvalue weighted by atomic mass is 9.95. The van der Waals surface area contributed by atoms with Crippen LogP contribution in [0.2, 0.25) is 0 Å². The Labute approximate surface area is 253 Å². The van der Waals surface area contributed by atoms with Crippen molar-refractivity contribution < 1.29 is 23.0 Å². The summed E-state index contributed by atoms with van der Waals surface area (Å²) in [6, 6.07) is 9.71. The number of ether oxygens (including phenoxy) is 1. The average molecular weight is 602 g/mol. The number of piperazine rings is 1. The minimum Gasteiger partial charge on any atom is -0.508 e. The molecular formula is C34H34F3N5O2. The van der Waals surface area contributed by atoms with Gasteiger partial charge in [-0.15, -0.1) is 0 Å². The van der Waals surface area contributed by atoms with Crippen molar-refractivity contribution >= 4 is 33.6 Å². The molecule has 7 nitrogen and oxygen atoms in total. The first-order valence-electron chi connectivity index (χ1n) is 15.4. The fraction of sp³-hybridized carbons (Fsp3) is 0.412. The fourth-order valence-electron chi connectivity index (χ4n) is 8.10. The van der Waals surface area contributed by atoms with Gasteiger partial charge in [0.2, 0.25) is 5.88 Å². The molecule has 6 heterocycles. The Hall–Kier alpha value is -3.89. The number of rotatable bonds is 6. The lowest BCUT2D eigenvalue weighted by Gasteiger charge is -2.35. The smallest absolute Gasteiger partial charge is 0.217 e. The largest absolute Gasteiger partial charge is 0.508 e. The van der Waals surface area contributed by atoms with Crippen molar-refractivity contribution in [2.75, 3.05) is 37.7 Å². The normalized spacial score (nSPS) is 26.5. The third-order valence-electron chi connectivity index (χ3n) is 10.1. The summed E-state index contributed by atoms with van der Waals surface area (Å²) in [6.45, 7) is 6.89. The number of nitrogens with one attached hydrogen (secondary N) is 1. The summed E-state index contributed by atoms with van der Waals surface area (Å²) >= 11 is 0. The Bertz CT molecular complexity index is 1810. The summed E-state index contributed by atoms with van der Waals surface area (Å²) in [5.74, 6) is -0.863. The van der Waals surface area contributed by atoms with Crippen LogP contribution in [0, 0.1) is 11.6 Å². The maximum Gasteiger partial charge on any atom is 0.217 e. The van der Waals surface area contributed by atoms with E-state index >= 15 is 4.39 Å². The van der Waals surface area contributed by atoms with E-state index in [4.69, 9.17) is 14.7 Å². The van der Waals surface area contributed by atoms with Gasteiger partial charge in [0.05, 0.1) is 11.2 Å². The fourth-order valence-corrected chi connectivity index (χ4v) is 8.10. The molecule has 4 atom stereocenters. The Kier molecular flexibility index (Phi) is 6.50. The van der Waals surface area contributed by atoms with E-state index in [1.165, 1.54) is 36.4 Å². The summed E-state index contributed by atoms with van der Waals surface area (Å²) in [5, 5.41) is 15.7. The van der Waals surface area contributed by atoms with Crippen molar-refractivity contribution in [1.29, 1.82) is 0 Å². The topological polar surface area (TPSA) is 73.8 Å². The molecule has 8 rings (SSSR count). The molecule has 2 aromatic carbocycles. The van der Waals surface area contributed by atoms with E-state index < -0.39 is 17.8 Å². The lowest BCUT2D eigenvalue weighted by Crippen LogP contribution is -2.51. The van der Waals surface area contributed by atoms with Gasteiger partial charge >= 0.3 is 0 Å². The Balaban J connectivity index is 1.27. The molecule has 4 aliphatic heterocycles. The molecule has 4 saturated heterocycles. The molecule has 10 heteroatoms. The SMILES string of the molecule is C=Cc1c(F)ccc2cc(O)cc(-c3nc4nc(OC[C@@]56CCCN5C[C@H](F)C6)cc(N5CC6CCC(C5)N6)c4cc3F)c12. The quantitative estimate of drug-likeness (QED) is 0.282. The minimum absolute atomic E-state index is 0.0558. The first-order valence-corrected chi connectivity index (χ1v) is 15.4. The Morgan fingerprint density at radius 2 is 1.89 bits per heavy atom. The van der Waals surface area contributed by atoms with Crippen molar-refractivity contribution in [3.05, 3.63) is 60.2 Å². The highest BCUT2D eigenvalue weighted by atomic mass is 19.1. The van der Waals surface area contributed by atoms with Crippen LogP contribution in [-0.2, 0) is 0 Å². The number of anilines is 1. The number of alkyl halides is 1. The number of hydrogen-bond donors (Lipinski definition) is 2. The van der Waals surface area contributed by atoms with Crippen LogP contribution in [0.4, 0.5) is 18.9 Å². The van der Waals surface area contributed by atoms with Crippen LogP contribution in [-0.4, -0.2) is 76.6 Å². The van der Waals surface area contributed by atoms with E-state index in [2.05, 4.69) is 21.7 Å². The zero-order valence-electron chi connectivity index (χ0n) is 24.3. The van der Waals surface area contributed by atoms with Gasteiger partial charge < -0.3 is 20.1 Å². The van der Waals surface area contributed by atoms with Gasteiger partial charge in [-0.25, -0.2) is 18.2 Å². The van der Waals surface area contributed by atoms with Crippen molar-refractivity contribution in [3.8, 4) is 22.9 Å². The molecule has 0 saturated carbocycles. The maximum absolute atomic E-state index is 16.2. The third-order valence-corrected chi connectivity index (χ3v) is 10.1. The monoisotopic (exact) mass is 601 g/mol. The van der Waals surface area contributed by atoms with Gasteiger partial charge in [0, 0.05) is 66.1 Å². The second kappa shape index (κ2) is 10.3. The molecule has 2 unspecified atom stereocenters. The standard InChI is InChI=1S/C34H34F3N5O2/c1-2-24-27(36)7-4-19-10-23(43)11-26(31(19)24)32-28(37)12-25-29(41-16-21-5-6-22(17-41)38-21)13-30(39-33(25)40-32)44-18-34-8-3-9-42(34)15-20(35)14-34/h2,4,7,10-13,20-22,38,43H,1,3,5-6,8-9,14-18H2/t20-,21?,22?,34+/m1/s1. The molecule has 2 aromatic heterocycles. The number of fused-ring (bicyclic) bond motifs is 5. The number of halogens is 3. The van der Waals surface area contributed by atoms with E-state index in [0.717, 1.165) is 51.0 Å². The molecule has 0 spiro atoms. The Morgan fingerprint density at radius 3 is 2.68 bits per heavy atom. The molecule has 0 amide bonds. The average Bonchev–Trinajstić information content (AvgIpc) is 3.65. The van der Waals surface area contributed by atoms with Gasteiger partial charge in [0.25, 0.3) is 0 Å². The molecule has 0 radical (unpaired) electrons. The maximum atomic E-state index is 16.2. The molecule has 2 bridgehead atoms. The number of aromatic nitrogens is 2. The summed E-state index contributed by atoms with van der Waals surface area (Å²) in [7, 11) is 0. The van der Waals surface area contributed by atoms with E-state index in [1.807, 2.05) is 6.07 Å². The number of phenols is 1. The second-order valence-corrected chi connectivity index (χ2v) is 12.8. The Morgan fingerprint density at radius 1 is 1.07 bits per heavy atom. The molecular weight excluding hydrogens is 567 g/mol. The van der Waals surface area contributed by atoms with Crippen molar-refractivity contribution in [3.63, 3.8) is 0 Å². The predicted octanol–water partition coefficient (Wildman–Crippen LogP) is 5.97.